The molecule has 0 saturated heterocycles. The third kappa shape index (κ3) is 12.8. The standard InChI is InChI=1S/C22H19N5O2.C19H15F3N4O2.C19H19N5O2/c1-3-27-22(29)21(25-18-13-24-12-16-6-4-5-7-17(16)18)19(14(2)28)20(26-27)15-8-10-23-11-9-15;1-3-26-19(28)18(24-12-8-13(20)16(22)14(21)9-12)15(10(2)27)17(25-26)11-4-6-23-7-5-11;1-4-24-19(26)18(22-15-11-21-8-5-12(15)2)16(13(3)25)17(23-24)14-6-9-20-10-7-14/h4-13,25H,3H2,1-2H3;4-9,24H,3H2,1-2H3;5-11,22H,4H2,1-3H3. The minimum atomic E-state index is -1.63. The second-order valence-corrected chi connectivity index (χ2v) is 18.3. The lowest BCUT2D eigenvalue weighted by atomic mass is 10.0. The Balaban J connectivity index is 0.000000163. The summed E-state index contributed by atoms with van der Waals surface area (Å²) >= 11 is 0. The van der Waals surface area contributed by atoms with E-state index in [0.717, 1.165) is 26.6 Å². The van der Waals surface area contributed by atoms with E-state index in [2.05, 4.69) is 56.2 Å². The molecular formula is C60H53F3N14O6. The number of aryl methyl sites for hydroxylation is 4. The van der Waals surface area contributed by atoms with Crippen LogP contribution in [0.3, 0.4) is 0 Å². The predicted octanol–water partition coefficient (Wildman–Crippen LogP) is 10.5. The molecule has 23 heteroatoms. The van der Waals surface area contributed by atoms with Crippen LogP contribution in [0.2, 0.25) is 0 Å². The average Bonchev–Trinajstić information content (AvgIpc) is 3.67. The van der Waals surface area contributed by atoms with Gasteiger partial charge in [-0.05, 0) is 96.5 Å². The molecule has 420 valence electrons. The Labute approximate surface area is 471 Å². The number of nitrogens with one attached hydrogen (secondary N) is 3. The molecule has 10 aromatic rings. The van der Waals surface area contributed by atoms with E-state index in [1.807, 2.05) is 51.1 Å². The number of nitrogens with zero attached hydrogens (tertiary/aromatic N) is 11. The van der Waals surface area contributed by atoms with Crippen molar-refractivity contribution in [2.75, 3.05) is 16.0 Å². The van der Waals surface area contributed by atoms with E-state index in [9.17, 15) is 41.9 Å². The van der Waals surface area contributed by atoms with E-state index in [0.29, 0.717) is 59.1 Å². The molecule has 20 nitrogen and oxygen atoms in total. The Morgan fingerprint density at radius 1 is 0.470 bits per heavy atom. The first kappa shape index (κ1) is 58.4. The highest BCUT2D eigenvalue weighted by molar-refractivity contribution is 6.07. The van der Waals surface area contributed by atoms with Gasteiger partial charge in [-0.3, -0.25) is 53.7 Å². The lowest BCUT2D eigenvalue weighted by Crippen LogP contribution is -2.28. The second kappa shape index (κ2) is 26.0. The van der Waals surface area contributed by atoms with Crippen molar-refractivity contribution in [3.05, 3.63) is 212 Å². The van der Waals surface area contributed by atoms with Crippen LogP contribution in [-0.4, -0.2) is 71.6 Å². The molecule has 0 fully saturated rings. The van der Waals surface area contributed by atoms with Crippen LogP contribution < -0.4 is 32.6 Å². The van der Waals surface area contributed by atoms with Gasteiger partial charge in [0.25, 0.3) is 16.7 Å². The smallest absolute Gasteiger partial charge is 0.291 e. The molecule has 8 aromatic heterocycles. The Morgan fingerprint density at radius 2 is 0.843 bits per heavy atom. The van der Waals surface area contributed by atoms with Crippen molar-refractivity contribution in [1.29, 1.82) is 0 Å². The molecule has 3 N–H and O–H groups in total. The van der Waals surface area contributed by atoms with Gasteiger partial charge in [-0.25, -0.2) is 27.2 Å². The van der Waals surface area contributed by atoms with Crippen LogP contribution in [0.25, 0.3) is 44.5 Å². The maximum absolute atomic E-state index is 13.6. The van der Waals surface area contributed by atoms with Gasteiger partial charge in [-0.15, -0.1) is 0 Å². The molecular weight excluding hydrogens is 1070 g/mol. The third-order valence-corrected chi connectivity index (χ3v) is 12.8. The van der Waals surface area contributed by atoms with Gasteiger partial charge in [-0.2, -0.15) is 15.3 Å². The Bertz CT molecular complexity index is 4230. The minimum Gasteiger partial charge on any atom is -0.350 e. The van der Waals surface area contributed by atoms with E-state index in [1.54, 1.807) is 92.9 Å². The Hall–Kier alpha value is -10.7. The van der Waals surface area contributed by atoms with Crippen molar-refractivity contribution in [2.24, 2.45) is 0 Å². The lowest BCUT2D eigenvalue weighted by molar-refractivity contribution is 0.101. The Kier molecular flexibility index (Phi) is 18.3. The first-order valence-electron chi connectivity index (χ1n) is 25.8. The average molecular weight is 1120 g/mol. The molecule has 0 amide bonds. The molecule has 0 saturated carbocycles. The van der Waals surface area contributed by atoms with Gasteiger partial charge < -0.3 is 16.0 Å². The summed E-state index contributed by atoms with van der Waals surface area (Å²) in [5.41, 5.74) is 4.37. The zero-order chi connectivity index (χ0) is 59.5. The molecule has 2 aromatic carbocycles. The quantitative estimate of drug-likeness (QED) is 0.0637. The predicted molar refractivity (Wildman–Crippen MR) is 309 cm³/mol. The van der Waals surface area contributed by atoms with E-state index in [4.69, 9.17) is 0 Å². The first-order chi connectivity index (χ1) is 39.9. The summed E-state index contributed by atoms with van der Waals surface area (Å²) < 4.78 is 44.2. The van der Waals surface area contributed by atoms with Gasteiger partial charge >= 0.3 is 0 Å². The molecule has 83 heavy (non-hydrogen) atoms. The largest absolute Gasteiger partial charge is 0.350 e. The SMILES string of the molecule is CCn1nc(-c2ccncc2)c(C(C)=O)c(Nc2cc(F)c(F)c(F)c2)c1=O.CCn1nc(-c2ccncc2)c(C(C)=O)c(Nc2cncc3ccccc23)c1=O.CCn1nc(-c2ccncc2)c(C(C)=O)c(Nc2cnccc2C)c1=O. The van der Waals surface area contributed by atoms with Gasteiger partial charge in [0, 0.05) is 114 Å². The highest BCUT2D eigenvalue weighted by Crippen LogP contribution is 2.32. The summed E-state index contributed by atoms with van der Waals surface area (Å²) in [5.74, 6) is -5.45. The summed E-state index contributed by atoms with van der Waals surface area (Å²) in [7, 11) is 0. The molecule has 0 radical (unpaired) electrons. The Morgan fingerprint density at radius 3 is 1.24 bits per heavy atom. The van der Waals surface area contributed by atoms with Crippen molar-refractivity contribution in [2.45, 2.75) is 68.1 Å². The fourth-order valence-corrected chi connectivity index (χ4v) is 8.72. The molecule has 0 aliphatic carbocycles. The van der Waals surface area contributed by atoms with Crippen LogP contribution in [0, 0.1) is 24.4 Å². The van der Waals surface area contributed by atoms with E-state index < -0.39 is 28.8 Å². The number of rotatable bonds is 15. The number of fused-ring (bicyclic) bond motifs is 1. The summed E-state index contributed by atoms with van der Waals surface area (Å²) in [4.78, 5) is 96.4. The van der Waals surface area contributed by atoms with E-state index >= 15 is 0 Å². The molecule has 0 bridgehead atoms. The van der Waals surface area contributed by atoms with Crippen molar-refractivity contribution in [3.8, 4) is 33.8 Å². The van der Waals surface area contributed by atoms with Gasteiger partial charge in [0.05, 0.1) is 40.5 Å². The van der Waals surface area contributed by atoms with Crippen molar-refractivity contribution in [1.82, 2.24) is 54.3 Å². The number of halogens is 3. The minimum absolute atomic E-state index is 0.0500. The number of carbonyl (C=O) groups excluding carboxylic acids is 3. The number of Topliss-reactive ketones (excluding diaryl/α,β-unsaturated/α-hetero) is 3. The van der Waals surface area contributed by atoms with Crippen molar-refractivity contribution >= 4 is 62.2 Å². The zero-order valence-corrected chi connectivity index (χ0v) is 45.9. The maximum atomic E-state index is 13.6. The van der Waals surface area contributed by atoms with Crippen LogP contribution in [-0.2, 0) is 19.6 Å². The second-order valence-electron chi connectivity index (χ2n) is 18.3. The molecule has 0 unspecified atom stereocenters. The maximum Gasteiger partial charge on any atom is 0.291 e. The molecule has 8 heterocycles. The molecule has 10 rings (SSSR count). The number of benzene rings is 2. The van der Waals surface area contributed by atoms with E-state index in [-0.39, 0.29) is 74.4 Å². The fourth-order valence-electron chi connectivity index (χ4n) is 8.72. The first-order valence-corrected chi connectivity index (χ1v) is 25.8. The number of aromatic nitrogens is 11. The van der Waals surface area contributed by atoms with Crippen molar-refractivity contribution < 1.29 is 27.6 Å². The van der Waals surface area contributed by atoms with Crippen LogP contribution in [0.4, 0.5) is 47.3 Å². The molecule has 0 aliphatic rings. The summed E-state index contributed by atoms with van der Waals surface area (Å²) in [6, 6.07) is 21.2. The fraction of sp³-hybridized carbons (Fsp3) is 0.167. The molecule has 0 aliphatic heterocycles. The monoisotopic (exact) mass is 1120 g/mol. The van der Waals surface area contributed by atoms with E-state index in [1.165, 1.54) is 42.5 Å². The number of pyridine rings is 5. The van der Waals surface area contributed by atoms with Crippen LogP contribution in [0.15, 0.2) is 155 Å². The lowest BCUT2D eigenvalue weighted by Gasteiger charge is -2.16. The number of anilines is 6. The number of carbonyl (C=O) groups is 3. The number of hydrogen-bond acceptors (Lipinski definition) is 17. The number of hydrogen-bond donors (Lipinski definition) is 3. The van der Waals surface area contributed by atoms with Gasteiger partial charge in [0.2, 0.25) is 0 Å². The number of ketones is 3. The van der Waals surface area contributed by atoms with Crippen LogP contribution in [0.5, 0.6) is 0 Å². The zero-order valence-electron chi connectivity index (χ0n) is 45.9. The summed E-state index contributed by atoms with van der Waals surface area (Å²) in [6.07, 6.45) is 16.2. The van der Waals surface area contributed by atoms with Gasteiger partial charge in [0.15, 0.2) is 34.8 Å². The normalized spacial score (nSPS) is 10.7. The molecule has 0 atom stereocenters. The van der Waals surface area contributed by atoms with Crippen molar-refractivity contribution in [3.63, 3.8) is 0 Å². The summed E-state index contributed by atoms with van der Waals surface area (Å²) in [6.45, 7) is 12.3. The molecule has 0 spiro atoms. The third-order valence-electron chi connectivity index (χ3n) is 12.8. The van der Waals surface area contributed by atoms with Crippen LogP contribution in [0.1, 0.15) is 78.2 Å². The summed E-state index contributed by atoms with van der Waals surface area (Å²) in [5, 5.41) is 23.8. The highest BCUT2D eigenvalue weighted by atomic mass is 19.2. The van der Waals surface area contributed by atoms with Crippen LogP contribution >= 0.6 is 0 Å². The topological polar surface area (TPSA) is 256 Å². The highest BCUT2D eigenvalue weighted by Gasteiger charge is 2.26. The van der Waals surface area contributed by atoms with Gasteiger partial charge in [-0.1, -0.05) is 24.3 Å². The van der Waals surface area contributed by atoms with Gasteiger partial charge in [0.1, 0.15) is 34.1 Å².